The maximum atomic E-state index is 11.4. The van der Waals surface area contributed by atoms with E-state index in [1.165, 1.54) is 6.92 Å². The molecule has 1 aliphatic heterocycles. The molecule has 0 spiro atoms. The van der Waals surface area contributed by atoms with Crippen LogP contribution in [0.5, 0.6) is 0 Å². The molecule has 0 aromatic carbocycles. The third-order valence-corrected chi connectivity index (χ3v) is 2.84. The van der Waals surface area contributed by atoms with Crippen LogP contribution in [0.2, 0.25) is 0 Å². The minimum atomic E-state index is -1.21. The molecular formula is C15H20O9. The van der Waals surface area contributed by atoms with E-state index in [1.807, 2.05) is 0 Å². The monoisotopic (exact) mass is 344 g/mol. The maximum Gasteiger partial charge on any atom is 0.307 e. The van der Waals surface area contributed by atoms with Gasteiger partial charge in [-0.15, -0.1) is 0 Å². The molecule has 1 heterocycles. The Labute approximate surface area is 138 Å². The fourth-order valence-electron chi connectivity index (χ4n) is 2.09. The van der Waals surface area contributed by atoms with Gasteiger partial charge >= 0.3 is 23.9 Å². The van der Waals surface area contributed by atoms with E-state index >= 15 is 0 Å². The molecule has 0 aromatic rings. The molecular weight excluding hydrogens is 324 g/mol. The molecule has 24 heavy (non-hydrogen) atoms. The van der Waals surface area contributed by atoms with E-state index in [0.29, 0.717) is 0 Å². The van der Waals surface area contributed by atoms with E-state index in [2.05, 4.69) is 0 Å². The molecule has 1 rings (SSSR count). The summed E-state index contributed by atoms with van der Waals surface area (Å²) in [6.45, 7) is 5.97. The van der Waals surface area contributed by atoms with Gasteiger partial charge in [0.1, 0.15) is 18.8 Å². The second-order valence-electron chi connectivity index (χ2n) is 5.07. The number of hydrogen-bond acceptors (Lipinski definition) is 9. The molecule has 0 fully saturated rings. The highest BCUT2D eigenvalue weighted by molar-refractivity contribution is 5.70. The quantitative estimate of drug-likeness (QED) is 0.522. The minimum absolute atomic E-state index is 0.0805. The third kappa shape index (κ3) is 5.65. The molecule has 0 aliphatic carbocycles. The van der Waals surface area contributed by atoms with E-state index < -0.39 is 42.2 Å². The number of hydrogen-bond donors (Lipinski definition) is 0. The Morgan fingerprint density at radius 1 is 0.875 bits per heavy atom. The lowest BCUT2D eigenvalue weighted by Gasteiger charge is -2.35. The standard InChI is InChI=1S/C15H20O9/c1-7-13(22-9(3)17)15(24-11(5)19)14(23-10(4)18)12(21-7)6-20-8(2)16/h7,12,14H,6H2,1-5H3/t7-,12?,14-/m1/s1. The molecule has 0 saturated carbocycles. The number of esters is 4. The van der Waals surface area contributed by atoms with Crippen LogP contribution in [0, 0.1) is 0 Å². The van der Waals surface area contributed by atoms with Crippen molar-refractivity contribution in [3.05, 3.63) is 11.5 Å². The summed E-state index contributed by atoms with van der Waals surface area (Å²) in [5.74, 6) is -2.85. The number of carbonyl (C=O) groups is 4. The highest BCUT2D eigenvalue weighted by atomic mass is 16.6. The average molecular weight is 344 g/mol. The summed E-state index contributed by atoms with van der Waals surface area (Å²) in [6.07, 6.45) is -2.94. The second-order valence-corrected chi connectivity index (χ2v) is 5.07. The lowest BCUT2D eigenvalue weighted by molar-refractivity contribution is -0.179. The van der Waals surface area contributed by atoms with Crippen molar-refractivity contribution in [1.29, 1.82) is 0 Å². The fourth-order valence-corrected chi connectivity index (χ4v) is 2.09. The Hall–Kier alpha value is -2.42. The number of rotatable bonds is 5. The van der Waals surface area contributed by atoms with Gasteiger partial charge in [0.25, 0.3) is 0 Å². The van der Waals surface area contributed by atoms with Crippen LogP contribution in [0.25, 0.3) is 0 Å². The van der Waals surface area contributed by atoms with Gasteiger partial charge in [-0.3, -0.25) is 19.2 Å². The van der Waals surface area contributed by atoms with Crippen LogP contribution in [0.4, 0.5) is 0 Å². The summed E-state index contributed by atoms with van der Waals surface area (Å²) in [5.41, 5.74) is 0. The Kier molecular flexibility index (Phi) is 6.90. The van der Waals surface area contributed by atoms with E-state index in [0.717, 1.165) is 20.8 Å². The minimum Gasteiger partial charge on any atom is -0.463 e. The van der Waals surface area contributed by atoms with E-state index in [9.17, 15) is 19.2 Å². The molecule has 1 aliphatic rings. The Morgan fingerprint density at radius 2 is 1.42 bits per heavy atom. The lowest BCUT2D eigenvalue weighted by atomic mass is 10.1. The van der Waals surface area contributed by atoms with Crippen molar-refractivity contribution < 1.29 is 42.9 Å². The van der Waals surface area contributed by atoms with Crippen molar-refractivity contribution in [2.75, 3.05) is 6.61 Å². The van der Waals surface area contributed by atoms with Crippen LogP contribution in [0.1, 0.15) is 34.6 Å². The van der Waals surface area contributed by atoms with E-state index in [1.54, 1.807) is 6.92 Å². The molecule has 0 radical (unpaired) electrons. The average Bonchev–Trinajstić information content (AvgIpc) is 2.42. The van der Waals surface area contributed by atoms with Crippen LogP contribution in [-0.2, 0) is 42.9 Å². The lowest BCUT2D eigenvalue weighted by Crippen LogP contribution is -2.47. The topological polar surface area (TPSA) is 114 Å². The molecule has 3 atom stereocenters. The fraction of sp³-hybridized carbons (Fsp3) is 0.600. The van der Waals surface area contributed by atoms with Gasteiger partial charge in [0, 0.05) is 27.7 Å². The molecule has 134 valence electrons. The first kappa shape index (κ1) is 19.6. The maximum absolute atomic E-state index is 11.4. The summed E-state index contributed by atoms with van der Waals surface area (Å²) >= 11 is 0. The van der Waals surface area contributed by atoms with E-state index in [-0.39, 0.29) is 18.1 Å². The molecule has 0 amide bonds. The van der Waals surface area contributed by atoms with Crippen molar-refractivity contribution in [2.45, 2.75) is 52.9 Å². The van der Waals surface area contributed by atoms with Crippen LogP contribution >= 0.6 is 0 Å². The highest BCUT2D eigenvalue weighted by Gasteiger charge is 2.43. The Balaban J connectivity index is 3.27. The zero-order valence-electron chi connectivity index (χ0n) is 14.1. The second kappa shape index (κ2) is 8.44. The highest BCUT2D eigenvalue weighted by Crippen LogP contribution is 2.31. The van der Waals surface area contributed by atoms with Gasteiger partial charge in [0.15, 0.2) is 17.6 Å². The number of carbonyl (C=O) groups excluding carboxylic acids is 4. The molecule has 0 N–H and O–H groups in total. The molecule has 9 heteroatoms. The zero-order valence-corrected chi connectivity index (χ0v) is 14.1. The van der Waals surface area contributed by atoms with Crippen molar-refractivity contribution in [3.63, 3.8) is 0 Å². The van der Waals surface area contributed by atoms with Crippen LogP contribution < -0.4 is 0 Å². The summed E-state index contributed by atoms with van der Waals surface area (Å²) in [7, 11) is 0. The normalized spacial score (nSPS) is 23.3. The van der Waals surface area contributed by atoms with Crippen molar-refractivity contribution in [1.82, 2.24) is 0 Å². The van der Waals surface area contributed by atoms with Gasteiger partial charge in [0.2, 0.25) is 0 Å². The van der Waals surface area contributed by atoms with Gasteiger partial charge in [-0.1, -0.05) is 0 Å². The Morgan fingerprint density at radius 3 is 1.88 bits per heavy atom. The predicted molar refractivity (Wildman–Crippen MR) is 77.1 cm³/mol. The van der Waals surface area contributed by atoms with Crippen LogP contribution in [0.3, 0.4) is 0 Å². The molecule has 0 bridgehead atoms. The zero-order chi connectivity index (χ0) is 18.4. The van der Waals surface area contributed by atoms with Gasteiger partial charge in [-0.25, -0.2) is 0 Å². The van der Waals surface area contributed by atoms with Crippen LogP contribution in [-0.4, -0.2) is 48.8 Å². The smallest absolute Gasteiger partial charge is 0.307 e. The summed E-state index contributed by atoms with van der Waals surface area (Å²) in [6, 6.07) is 0. The predicted octanol–water partition coefficient (Wildman–Crippen LogP) is 0.606. The first-order valence-electron chi connectivity index (χ1n) is 7.18. The van der Waals surface area contributed by atoms with E-state index in [4.69, 9.17) is 23.7 Å². The first-order chi connectivity index (χ1) is 11.1. The molecule has 0 aromatic heterocycles. The van der Waals surface area contributed by atoms with Gasteiger partial charge in [0.05, 0.1) is 0 Å². The SMILES string of the molecule is CC(=O)OCC1O[C@H](C)C(OC(C)=O)=C(OC(C)=O)[C@@H]1OC(C)=O. The van der Waals surface area contributed by atoms with Gasteiger partial charge in [-0.05, 0) is 6.92 Å². The molecule has 9 nitrogen and oxygen atoms in total. The van der Waals surface area contributed by atoms with Crippen LogP contribution in [0.15, 0.2) is 11.5 Å². The van der Waals surface area contributed by atoms with Crippen molar-refractivity contribution in [3.8, 4) is 0 Å². The molecule has 0 saturated heterocycles. The van der Waals surface area contributed by atoms with Gasteiger partial charge in [-0.2, -0.15) is 0 Å². The summed E-state index contributed by atoms with van der Waals surface area (Å²) in [5, 5.41) is 0. The largest absolute Gasteiger partial charge is 0.463 e. The number of ether oxygens (including phenoxy) is 5. The summed E-state index contributed by atoms with van der Waals surface area (Å²) < 4.78 is 25.7. The molecule has 1 unspecified atom stereocenters. The summed E-state index contributed by atoms with van der Waals surface area (Å²) in [4.78, 5) is 45.1. The first-order valence-corrected chi connectivity index (χ1v) is 7.18. The van der Waals surface area contributed by atoms with Crippen molar-refractivity contribution >= 4 is 23.9 Å². The Bertz CT molecular complexity index is 563. The van der Waals surface area contributed by atoms with Gasteiger partial charge < -0.3 is 23.7 Å². The van der Waals surface area contributed by atoms with Crippen molar-refractivity contribution in [2.24, 2.45) is 0 Å². The third-order valence-electron chi connectivity index (χ3n) is 2.84.